The molecule has 0 spiro atoms. The van der Waals surface area contributed by atoms with E-state index >= 15 is 0 Å². The molecular formula is C20H23ClO3. The average molecular weight is 347 g/mol. The van der Waals surface area contributed by atoms with Crippen LogP contribution in [0.25, 0.3) is 11.1 Å². The van der Waals surface area contributed by atoms with Crippen LogP contribution in [0.5, 0.6) is 5.75 Å². The van der Waals surface area contributed by atoms with Gasteiger partial charge in [0.05, 0.1) is 13.0 Å². The number of carboxylic acids is 1. The number of hydrogen-bond donors (Lipinski definition) is 1. The lowest BCUT2D eigenvalue weighted by Crippen LogP contribution is -2.12. The Morgan fingerprint density at radius 2 is 1.83 bits per heavy atom. The van der Waals surface area contributed by atoms with Crippen molar-refractivity contribution in [2.75, 3.05) is 7.11 Å². The average Bonchev–Trinajstić information content (AvgIpc) is 2.58. The molecule has 0 aliphatic rings. The highest BCUT2D eigenvalue weighted by molar-refractivity contribution is 6.30. The van der Waals surface area contributed by atoms with Crippen LogP contribution in [-0.2, 0) is 4.79 Å². The van der Waals surface area contributed by atoms with Crippen LogP contribution >= 0.6 is 11.6 Å². The summed E-state index contributed by atoms with van der Waals surface area (Å²) in [5.74, 6) is -0.640. The maximum absolute atomic E-state index is 11.7. The predicted octanol–water partition coefficient (Wildman–Crippen LogP) is 5.76. The molecule has 3 nitrogen and oxygen atoms in total. The van der Waals surface area contributed by atoms with E-state index in [1.165, 1.54) is 0 Å². The zero-order valence-corrected chi connectivity index (χ0v) is 14.8. The van der Waals surface area contributed by atoms with Gasteiger partial charge >= 0.3 is 5.97 Å². The third-order valence-corrected chi connectivity index (χ3v) is 4.39. The minimum absolute atomic E-state index is 0.516. The number of methoxy groups -OCH3 is 1. The molecule has 128 valence electrons. The lowest BCUT2D eigenvalue weighted by atomic mass is 9.90. The van der Waals surface area contributed by atoms with Gasteiger partial charge in [-0.2, -0.15) is 0 Å². The molecule has 0 saturated heterocycles. The molecule has 0 saturated carbocycles. The summed E-state index contributed by atoms with van der Waals surface area (Å²) in [5, 5.41) is 10.3. The zero-order valence-electron chi connectivity index (χ0n) is 14.1. The number of rotatable bonds is 8. The molecule has 0 fully saturated rings. The molecule has 0 aromatic heterocycles. The molecule has 2 aromatic carbocycles. The van der Waals surface area contributed by atoms with E-state index in [2.05, 4.69) is 6.92 Å². The first-order valence-corrected chi connectivity index (χ1v) is 8.60. The molecule has 0 heterocycles. The monoisotopic (exact) mass is 346 g/mol. The van der Waals surface area contributed by atoms with E-state index in [0.29, 0.717) is 17.2 Å². The van der Waals surface area contributed by atoms with Gasteiger partial charge in [-0.05, 0) is 47.4 Å². The first kappa shape index (κ1) is 18.3. The maximum atomic E-state index is 11.7. The number of aliphatic carboxylic acids is 1. The van der Waals surface area contributed by atoms with E-state index in [-0.39, 0.29) is 0 Å². The summed E-state index contributed by atoms with van der Waals surface area (Å²) in [5.41, 5.74) is 2.70. The van der Waals surface area contributed by atoms with Crippen molar-refractivity contribution in [3.63, 3.8) is 0 Å². The summed E-state index contributed by atoms with van der Waals surface area (Å²) in [6, 6.07) is 13.2. The highest BCUT2D eigenvalue weighted by Gasteiger charge is 2.21. The molecule has 1 atom stereocenters. The van der Waals surface area contributed by atoms with Crippen LogP contribution in [0.2, 0.25) is 5.02 Å². The maximum Gasteiger partial charge on any atom is 0.310 e. The van der Waals surface area contributed by atoms with Gasteiger partial charge in [-0.3, -0.25) is 4.79 Å². The molecule has 2 rings (SSSR count). The van der Waals surface area contributed by atoms with E-state index in [0.717, 1.165) is 36.0 Å². The van der Waals surface area contributed by atoms with Crippen LogP contribution in [0.3, 0.4) is 0 Å². The van der Waals surface area contributed by atoms with Gasteiger partial charge in [0.2, 0.25) is 0 Å². The normalized spacial score (nSPS) is 12.0. The highest BCUT2D eigenvalue weighted by Crippen LogP contribution is 2.32. The van der Waals surface area contributed by atoms with Gasteiger partial charge in [-0.1, -0.05) is 56.0 Å². The number of halogens is 1. The van der Waals surface area contributed by atoms with Gasteiger partial charge in [-0.25, -0.2) is 0 Å². The minimum Gasteiger partial charge on any atom is -0.497 e. The third kappa shape index (κ3) is 4.75. The molecule has 24 heavy (non-hydrogen) atoms. The third-order valence-electron chi connectivity index (χ3n) is 4.14. The van der Waals surface area contributed by atoms with Crippen LogP contribution < -0.4 is 4.74 Å². The lowest BCUT2D eigenvalue weighted by molar-refractivity contribution is -0.139. The van der Waals surface area contributed by atoms with Crippen LogP contribution in [0.1, 0.15) is 44.1 Å². The Bertz CT molecular complexity index is 680. The van der Waals surface area contributed by atoms with Gasteiger partial charge in [0.15, 0.2) is 0 Å². The van der Waals surface area contributed by atoms with Crippen molar-refractivity contribution in [1.29, 1.82) is 0 Å². The van der Waals surface area contributed by atoms with Gasteiger partial charge < -0.3 is 9.84 Å². The first-order chi connectivity index (χ1) is 11.5. The Hall–Kier alpha value is -2.00. The van der Waals surface area contributed by atoms with Gasteiger partial charge in [0.25, 0.3) is 0 Å². The smallest absolute Gasteiger partial charge is 0.310 e. The molecule has 0 radical (unpaired) electrons. The zero-order chi connectivity index (χ0) is 17.5. The van der Waals surface area contributed by atoms with E-state index in [1.807, 2.05) is 42.5 Å². The molecule has 0 aliphatic heterocycles. The number of ether oxygens (including phenoxy) is 1. The Morgan fingerprint density at radius 3 is 2.42 bits per heavy atom. The van der Waals surface area contributed by atoms with E-state index in [1.54, 1.807) is 7.11 Å². The molecule has 4 heteroatoms. The topological polar surface area (TPSA) is 46.5 Å². The summed E-state index contributed by atoms with van der Waals surface area (Å²) in [6.45, 7) is 2.11. The Labute approximate surface area is 148 Å². The van der Waals surface area contributed by atoms with Crippen LogP contribution in [0, 0.1) is 0 Å². The van der Waals surface area contributed by atoms with Crippen molar-refractivity contribution in [2.24, 2.45) is 0 Å². The standard InChI is InChI=1S/C20H23ClO3/c1-3-4-5-6-19(20(22)23)16-11-15(12-18(13-16)24-2)14-7-9-17(21)10-8-14/h7-13,19H,3-6H2,1-2H3,(H,22,23). The van der Waals surface area contributed by atoms with Crippen molar-refractivity contribution in [1.82, 2.24) is 0 Å². The quantitative estimate of drug-likeness (QED) is 0.618. The largest absolute Gasteiger partial charge is 0.497 e. The fraction of sp³-hybridized carbons (Fsp3) is 0.350. The summed E-state index contributed by atoms with van der Waals surface area (Å²) in [7, 11) is 1.59. The van der Waals surface area contributed by atoms with E-state index < -0.39 is 11.9 Å². The van der Waals surface area contributed by atoms with Gasteiger partial charge in [0.1, 0.15) is 5.75 Å². The number of unbranched alkanes of at least 4 members (excludes halogenated alkanes) is 2. The summed E-state index contributed by atoms with van der Waals surface area (Å²) in [4.78, 5) is 11.7. The van der Waals surface area contributed by atoms with Crippen molar-refractivity contribution in [3.05, 3.63) is 53.1 Å². The molecule has 0 bridgehead atoms. The van der Waals surface area contributed by atoms with Crippen LogP contribution in [-0.4, -0.2) is 18.2 Å². The molecule has 1 unspecified atom stereocenters. The molecule has 1 N–H and O–H groups in total. The predicted molar refractivity (Wildman–Crippen MR) is 98.0 cm³/mol. The SMILES string of the molecule is CCCCCC(C(=O)O)c1cc(OC)cc(-c2ccc(Cl)cc2)c1. The Balaban J connectivity index is 2.39. The number of hydrogen-bond acceptors (Lipinski definition) is 2. The summed E-state index contributed by atoms with van der Waals surface area (Å²) in [6.07, 6.45) is 3.65. The fourth-order valence-electron chi connectivity index (χ4n) is 2.78. The van der Waals surface area contributed by atoms with Crippen LogP contribution in [0.15, 0.2) is 42.5 Å². The highest BCUT2D eigenvalue weighted by atomic mass is 35.5. The second kappa shape index (κ2) is 8.74. The molecule has 0 aliphatic carbocycles. The summed E-state index contributed by atoms with van der Waals surface area (Å²) >= 11 is 5.95. The van der Waals surface area contributed by atoms with Crippen molar-refractivity contribution in [2.45, 2.75) is 38.5 Å². The van der Waals surface area contributed by atoms with E-state index in [4.69, 9.17) is 16.3 Å². The lowest BCUT2D eigenvalue weighted by Gasteiger charge is -2.16. The summed E-state index contributed by atoms with van der Waals surface area (Å²) < 4.78 is 5.38. The minimum atomic E-state index is -0.790. The van der Waals surface area contributed by atoms with Crippen molar-refractivity contribution >= 4 is 17.6 Å². The molecule has 0 amide bonds. The molecular weight excluding hydrogens is 324 g/mol. The van der Waals surface area contributed by atoms with Gasteiger partial charge in [0, 0.05) is 5.02 Å². The fourth-order valence-corrected chi connectivity index (χ4v) is 2.91. The number of carbonyl (C=O) groups is 1. The van der Waals surface area contributed by atoms with Crippen LogP contribution in [0.4, 0.5) is 0 Å². The van der Waals surface area contributed by atoms with Crippen molar-refractivity contribution < 1.29 is 14.6 Å². The second-order valence-electron chi connectivity index (χ2n) is 5.89. The van der Waals surface area contributed by atoms with E-state index in [9.17, 15) is 9.90 Å². The number of benzene rings is 2. The Kier molecular flexibility index (Phi) is 6.68. The van der Waals surface area contributed by atoms with Crippen molar-refractivity contribution in [3.8, 4) is 16.9 Å². The Morgan fingerprint density at radius 1 is 1.12 bits per heavy atom. The molecule has 2 aromatic rings. The van der Waals surface area contributed by atoms with Gasteiger partial charge in [-0.15, -0.1) is 0 Å². The second-order valence-corrected chi connectivity index (χ2v) is 6.32. The number of carboxylic acid groups (broad SMARTS) is 1. The first-order valence-electron chi connectivity index (χ1n) is 8.23.